The molecule has 0 aliphatic rings. The summed E-state index contributed by atoms with van der Waals surface area (Å²) in [6, 6.07) is 15.5. The summed E-state index contributed by atoms with van der Waals surface area (Å²) in [5.41, 5.74) is 1.87. The van der Waals surface area contributed by atoms with Gasteiger partial charge in [-0.1, -0.05) is 23.7 Å². The number of aryl methyl sites for hydroxylation is 1. The molecule has 7 nitrogen and oxygen atoms in total. The predicted octanol–water partition coefficient (Wildman–Crippen LogP) is 4.00. The van der Waals surface area contributed by atoms with Gasteiger partial charge in [-0.25, -0.2) is 4.68 Å². The molecule has 156 valence electrons. The minimum absolute atomic E-state index is 0.180. The maximum Gasteiger partial charge on any atom is 0.266 e. The molecule has 0 aliphatic heterocycles. The van der Waals surface area contributed by atoms with Crippen LogP contribution < -0.4 is 20.3 Å². The van der Waals surface area contributed by atoms with Gasteiger partial charge in [0.2, 0.25) is 5.91 Å². The van der Waals surface area contributed by atoms with Crippen molar-refractivity contribution < 1.29 is 14.3 Å². The molecule has 3 rings (SSSR count). The Bertz CT molecular complexity index is 1080. The molecule has 1 N–H and O–H groups in total. The van der Waals surface area contributed by atoms with Gasteiger partial charge in [0, 0.05) is 35.7 Å². The van der Waals surface area contributed by atoms with Gasteiger partial charge in [-0.2, -0.15) is 5.10 Å². The first-order valence-electron chi connectivity index (χ1n) is 9.36. The van der Waals surface area contributed by atoms with Gasteiger partial charge in [0.05, 0.1) is 25.6 Å². The lowest BCUT2D eigenvalue weighted by atomic mass is 10.1. The van der Waals surface area contributed by atoms with E-state index in [1.165, 1.54) is 17.9 Å². The average molecular weight is 428 g/mol. The molecule has 1 aromatic heterocycles. The van der Waals surface area contributed by atoms with Gasteiger partial charge in [0.1, 0.15) is 11.5 Å². The molecular weight excluding hydrogens is 406 g/mol. The van der Waals surface area contributed by atoms with Crippen molar-refractivity contribution in [1.82, 2.24) is 9.78 Å². The number of carbonyl (C=O) groups is 1. The van der Waals surface area contributed by atoms with E-state index in [0.29, 0.717) is 40.9 Å². The van der Waals surface area contributed by atoms with Crippen LogP contribution in [-0.2, 0) is 11.3 Å². The number of anilines is 1. The molecule has 0 spiro atoms. The maximum atomic E-state index is 12.3. The van der Waals surface area contributed by atoms with Crippen molar-refractivity contribution in [2.45, 2.75) is 19.4 Å². The van der Waals surface area contributed by atoms with E-state index < -0.39 is 0 Å². The van der Waals surface area contributed by atoms with Gasteiger partial charge in [-0.3, -0.25) is 9.59 Å². The monoisotopic (exact) mass is 427 g/mol. The number of carbonyl (C=O) groups excluding carboxylic acids is 1. The van der Waals surface area contributed by atoms with Gasteiger partial charge in [-0.05, 0) is 36.8 Å². The van der Waals surface area contributed by atoms with Gasteiger partial charge < -0.3 is 14.8 Å². The summed E-state index contributed by atoms with van der Waals surface area (Å²) in [7, 11) is 3.08. The molecule has 0 saturated heterocycles. The van der Waals surface area contributed by atoms with Gasteiger partial charge in [0.25, 0.3) is 5.56 Å². The van der Waals surface area contributed by atoms with Crippen LogP contribution in [0.5, 0.6) is 11.5 Å². The van der Waals surface area contributed by atoms with Crippen molar-refractivity contribution >= 4 is 23.2 Å². The number of methoxy groups -OCH3 is 2. The number of amides is 1. The second-order valence-electron chi connectivity index (χ2n) is 6.50. The predicted molar refractivity (Wildman–Crippen MR) is 116 cm³/mol. The van der Waals surface area contributed by atoms with Crippen LogP contribution in [0.4, 0.5) is 5.69 Å². The third-order valence-electron chi connectivity index (χ3n) is 4.46. The lowest BCUT2D eigenvalue weighted by Gasteiger charge is -2.12. The van der Waals surface area contributed by atoms with Gasteiger partial charge in [-0.15, -0.1) is 0 Å². The van der Waals surface area contributed by atoms with Crippen molar-refractivity contribution in [3.05, 3.63) is 70.0 Å². The first-order valence-corrected chi connectivity index (χ1v) is 9.74. The topological polar surface area (TPSA) is 82.5 Å². The molecule has 1 amide bonds. The zero-order valence-electron chi connectivity index (χ0n) is 16.7. The molecule has 8 heteroatoms. The summed E-state index contributed by atoms with van der Waals surface area (Å²) in [6.45, 7) is 0.327. The Morgan fingerprint density at radius 2 is 1.83 bits per heavy atom. The van der Waals surface area contributed by atoms with E-state index in [9.17, 15) is 9.59 Å². The summed E-state index contributed by atoms with van der Waals surface area (Å²) in [4.78, 5) is 24.4. The number of hydrogen-bond donors (Lipinski definition) is 1. The number of ether oxygens (including phenoxy) is 2. The highest BCUT2D eigenvalue weighted by atomic mass is 35.5. The molecule has 0 radical (unpaired) electrons. The molecule has 30 heavy (non-hydrogen) atoms. The van der Waals surface area contributed by atoms with Crippen LogP contribution in [0.3, 0.4) is 0 Å². The highest BCUT2D eigenvalue weighted by Gasteiger charge is 2.10. The first-order chi connectivity index (χ1) is 14.5. The first kappa shape index (κ1) is 21.4. The van der Waals surface area contributed by atoms with Crippen LogP contribution in [-0.4, -0.2) is 29.9 Å². The number of nitrogens with one attached hydrogen (secondary N) is 1. The van der Waals surface area contributed by atoms with E-state index in [-0.39, 0.29) is 17.9 Å². The summed E-state index contributed by atoms with van der Waals surface area (Å²) >= 11 is 5.92. The molecule has 1 heterocycles. The second-order valence-corrected chi connectivity index (χ2v) is 6.94. The third kappa shape index (κ3) is 5.39. The highest BCUT2D eigenvalue weighted by Crippen LogP contribution is 2.29. The molecular formula is C22H22ClN3O4. The average Bonchev–Trinajstić information content (AvgIpc) is 2.76. The van der Waals surface area contributed by atoms with Crippen molar-refractivity contribution in [2.75, 3.05) is 19.5 Å². The van der Waals surface area contributed by atoms with E-state index in [0.717, 1.165) is 5.56 Å². The molecule has 3 aromatic rings. The van der Waals surface area contributed by atoms with E-state index in [2.05, 4.69) is 10.4 Å². The van der Waals surface area contributed by atoms with Crippen molar-refractivity contribution in [1.29, 1.82) is 0 Å². The van der Waals surface area contributed by atoms with Crippen LogP contribution in [0.15, 0.2) is 59.4 Å². The SMILES string of the molecule is COc1ccc(NC(=O)CCCn2nc(-c3ccc(Cl)cc3)ccc2=O)c(OC)c1. The van der Waals surface area contributed by atoms with E-state index in [1.54, 1.807) is 43.5 Å². The molecule has 0 unspecified atom stereocenters. The molecule has 0 aliphatic carbocycles. The Hall–Kier alpha value is -3.32. The normalized spacial score (nSPS) is 10.5. The highest BCUT2D eigenvalue weighted by molar-refractivity contribution is 6.30. The molecule has 0 fully saturated rings. The zero-order valence-corrected chi connectivity index (χ0v) is 17.5. The summed E-state index contributed by atoms with van der Waals surface area (Å²) < 4.78 is 11.8. The Labute approximate surface area is 179 Å². The van der Waals surface area contributed by atoms with E-state index >= 15 is 0 Å². The second kappa shape index (κ2) is 9.93. The largest absolute Gasteiger partial charge is 0.497 e. The molecule has 0 saturated carbocycles. The van der Waals surface area contributed by atoms with Crippen molar-refractivity contribution in [3.8, 4) is 22.8 Å². The Balaban J connectivity index is 1.61. The van der Waals surface area contributed by atoms with Crippen LogP contribution in [0.25, 0.3) is 11.3 Å². The Morgan fingerprint density at radius 3 is 2.53 bits per heavy atom. The van der Waals surface area contributed by atoms with Gasteiger partial charge >= 0.3 is 0 Å². The van der Waals surface area contributed by atoms with Gasteiger partial charge in [0.15, 0.2) is 0 Å². The lowest BCUT2D eigenvalue weighted by Crippen LogP contribution is -2.23. The fourth-order valence-electron chi connectivity index (χ4n) is 2.89. The number of hydrogen-bond acceptors (Lipinski definition) is 5. The molecule has 0 atom stereocenters. The summed E-state index contributed by atoms with van der Waals surface area (Å²) in [5, 5.41) is 7.84. The smallest absolute Gasteiger partial charge is 0.266 e. The maximum absolute atomic E-state index is 12.3. The van der Waals surface area contributed by atoms with Crippen LogP contribution in [0.2, 0.25) is 5.02 Å². The fraction of sp³-hybridized carbons (Fsp3) is 0.227. The number of rotatable bonds is 8. The van der Waals surface area contributed by atoms with Crippen LogP contribution in [0.1, 0.15) is 12.8 Å². The minimum atomic E-state index is -0.218. The Kier molecular flexibility index (Phi) is 7.08. The van der Waals surface area contributed by atoms with Crippen molar-refractivity contribution in [2.24, 2.45) is 0 Å². The van der Waals surface area contributed by atoms with Crippen molar-refractivity contribution in [3.63, 3.8) is 0 Å². The van der Waals surface area contributed by atoms with E-state index in [1.807, 2.05) is 12.1 Å². The number of benzene rings is 2. The number of nitrogens with zero attached hydrogens (tertiary/aromatic N) is 2. The van der Waals surface area contributed by atoms with E-state index in [4.69, 9.17) is 21.1 Å². The quantitative estimate of drug-likeness (QED) is 0.587. The van der Waals surface area contributed by atoms with Crippen LogP contribution in [0, 0.1) is 0 Å². The lowest BCUT2D eigenvalue weighted by molar-refractivity contribution is -0.116. The zero-order chi connectivity index (χ0) is 21.5. The molecule has 0 bridgehead atoms. The third-order valence-corrected chi connectivity index (χ3v) is 4.72. The number of aromatic nitrogens is 2. The number of halogens is 1. The molecule has 2 aromatic carbocycles. The minimum Gasteiger partial charge on any atom is -0.497 e. The fourth-order valence-corrected chi connectivity index (χ4v) is 3.01. The standard InChI is InChI=1S/C22H22ClN3O4/c1-29-17-9-10-19(20(14-17)30-2)24-21(27)4-3-13-26-22(28)12-11-18(25-26)15-5-7-16(23)8-6-15/h5-12,14H,3-4,13H2,1-2H3,(H,24,27). The van der Waals surface area contributed by atoms with Crippen LogP contribution >= 0.6 is 11.6 Å². The Morgan fingerprint density at radius 1 is 1.07 bits per heavy atom. The summed E-state index contributed by atoms with van der Waals surface area (Å²) in [5.74, 6) is 0.965. The summed E-state index contributed by atoms with van der Waals surface area (Å²) in [6.07, 6.45) is 0.690.